The van der Waals surface area contributed by atoms with Gasteiger partial charge in [-0.25, -0.2) is 4.79 Å². The molecule has 3 aromatic carbocycles. The SMILES string of the molecule is CCN(CC)CCNC(=O)c1c[nH]c2ccc(I)cc2c1=O.CCN(CC)CCNC(=O)c1c[nH]c2ccc(I)cc2c1=O.CCOC(=O)c1c[nH]c2ccc(I)cc2c1=O.Cl.Cl. The molecule has 0 bridgehead atoms. The van der Waals surface area contributed by atoms with Crippen molar-refractivity contribution < 1.29 is 19.1 Å². The fraction of sp³-hybridized carbons (Fsp3) is 0.318. The quantitative estimate of drug-likeness (QED) is 0.0542. The number of nitrogens with one attached hydrogen (secondary N) is 5. The number of nitrogens with zero attached hydrogens (tertiary/aromatic N) is 2. The van der Waals surface area contributed by atoms with Gasteiger partial charge in [-0.05, 0) is 155 Å². The molecule has 0 radical (unpaired) electrons. The molecule has 0 saturated carbocycles. The molecule has 0 spiro atoms. The first-order valence-corrected chi connectivity index (χ1v) is 23.1. The lowest BCUT2D eigenvalue weighted by atomic mass is 10.1. The van der Waals surface area contributed by atoms with Crippen molar-refractivity contribution in [2.75, 3.05) is 59.0 Å². The summed E-state index contributed by atoms with van der Waals surface area (Å²) in [7, 11) is 0. The Hall–Kier alpha value is -3.61. The third kappa shape index (κ3) is 15.5. The molecule has 0 aliphatic carbocycles. The zero-order chi connectivity index (χ0) is 44.6. The number of fused-ring (bicyclic) bond motifs is 3. The minimum Gasteiger partial charge on any atom is -0.462 e. The van der Waals surface area contributed by atoms with Crippen LogP contribution in [0.1, 0.15) is 65.7 Å². The molecule has 6 aromatic rings. The van der Waals surface area contributed by atoms with Crippen molar-refractivity contribution in [3.05, 3.63) is 131 Å². The standard InChI is InChI=1S/2C16H20IN3O2.C12H10INO3.2ClH/c2*1-3-20(4-2)8-7-18-16(22)13-10-19-14-6-5-11(17)9-12(14)15(13)21;1-2-17-12(16)9-6-14-10-4-3-7(13)5-8(10)11(9)15;;/h2*5-6,9-10H,3-4,7-8H2,1-2H3,(H,18,22)(H,19,21);3-6H,2H2,1H3,(H,14,15);2*1H. The second kappa shape index (κ2) is 27.7. The lowest BCUT2D eigenvalue weighted by Crippen LogP contribution is -2.36. The Morgan fingerprint density at radius 2 is 0.857 bits per heavy atom. The Kier molecular flexibility index (Phi) is 24.4. The van der Waals surface area contributed by atoms with E-state index in [0.29, 0.717) is 34.8 Å². The van der Waals surface area contributed by atoms with Crippen LogP contribution < -0.4 is 26.9 Å². The van der Waals surface area contributed by atoms with Gasteiger partial charge in [0.25, 0.3) is 11.8 Å². The number of H-pyrrole nitrogens is 3. The molecule has 2 amide bonds. The van der Waals surface area contributed by atoms with E-state index in [9.17, 15) is 28.8 Å². The number of likely N-dealkylation sites (N-methyl/N-ethyl adjacent to an activating group) is 2. The predicted molar refractivity (Wildman–Crippen MR) is 283 cm³/mol. The van der Waals surface area contributed by atoms with Crippen LogP contribution in [0.3, 0.4) is 0 Å². The van der Waals surface area contributed by atoms with Crippen molar-refractivity contribution in [2.45, 2.75) is 34.6 Å². The van der Waals surface area contributed by atoms with Crippen molar-refractivity contribution in [1.82, 2.24) is 35.4 Å². The van der Waals surface area contributed by atoms with Crippen LogP contribution in [0.5, 0.6) is 0 Å². The van der Waals surface area contributed by atoms with Gasteiger partial charge in [0.15, 0.2) is 0 Å². The van der Waals surface area contributed by atoms with Crippen molar-refractivity contribution in [3.63, 3.8) is 0 Å². The molecule has 19 heteroatoms. The van der Waals surface area contributed by atoms with Crippen LogP contribution >= 0.6 is 92.6 Å². The Bertz CT molecular complexity index is 2540. The summed E-state index contributed by atoms with van der Waals surface area (Å²) in [6.45, 7) is 16.7. The molecular weight excluding hydrogens is 1190 g/mol. The van der Waals surface area contributed by atoms with E-state index in [1.54, 1.807) is 25.1 Å². The first-order valence-electron chi connectivity index (χ1n) is 19.9. The number of hydrogen-bond donors (Lipinski definition) is 5. The van der Waals surface area contributed by atoms with E-state index in [-0.39, 0.29) is 76.2 Å². The zero-order valence-electron chi connectivity index (χ0n) is 35.5. The van der Waals surface area contributed by atoms with Gasteiger partial charge in [0, 0.05) is 88.2 Å². The number of halogens is 5. The number of aromatic amines is 3. The van der Waals surface area contributed by atoms with Gasteiger partial charge in [-0.2, -0.15) is 0 Å². The summed E-state index contributed by atoms with van der Waals surface area (Å²) in [6.07, 6.45) is 4.38. The van der Waals surface area contributed by atoms with Crippen molar-refractivity contribution in [1.29, 1.82) is 0 Å². The number of amides is 2. The summed E-state index contributed by atoms with van der Waals surface area (Å²) in [5.41, 5.74) is 1.80. The number of ether oxygens (including phenoxy) is 1. The Morgan fingerprint density at radius 3 is 1.17 bits per heavy atom. The summed E-state index contributed by atoms with van der Waals surface area (Å²) in [5.74, 6) is -1.24. The second-order valence-corrected chi connectivity index (χ2v) is 17.2. The van der Waals surface area contributed by atoms with E-state index in [2.05, 4.69) is 131 Å². The molecule has 63 heavy (non-hydrogen) atoms. The second-order valence-electron chi connectivity index (χ2n) is 13.5. The molecule has 0 aliphatic rings. The van der Waals surface area contributed by atoms with Crippen LogP contribution in [-0.2, 0) is 4.74 Å². The maximum Gasteiger partial charge on any atom is 0.343 e. The number of pyridine rings is 3. The number of carbonyl (C=O) groups is 3. The molecule has 5 N–H and O–H groups in total. The average Bonchev–Trinajstić information content (AvgIpc) is 3.25. The topological polar surface area (TPSA) is 190 Å². The van der Waals surface area contributed by atoms with Crippen LogP contribution in [-0.4, -0.2) is 102 Å². The predicted octanol–water partition coefficient (Wildman–Crippen LogP) is 7.56. The normalized spacial score (nSPS) is 10.6. The van der Waals surface area contributed by atoms with Crippen LogP contribution in [0.4, 0.5) is 0 Å². The number of benzene rings is 3. The molecule has 3 aromatic heterocycles. The van der Waals surface area contributed by atoms with E-state index >= 15 is 0 Å². The number of hydrogen-bond acceptors (Lipinski definition) is 9. The summed E-state index contributed by atoms with van der Waals surface area (Å²) in [5, 5.41) is 7.22. The lowest BCUT2D eigenvalue weighted by Gasteiger charge is -2.17. The molecule has 0 unspecified atom stereocenters. The summed E-state index contributed by atoms with van der Waals surface area (Å²) < 4.78 is 7.71. The highest BCUT2D eigenvalue weighted by atomic mass is 127. The number of rotatable bonds is 14. The van der Waals surface area contributed by atoms with Gasteiger partial charge in [-0.3, -0.25) is 24.0 Å². The van der Waals surface area contributed by atoms with Crippen LogP contribution in [0.15, 0.2) is 87.6 Å². The highest BCUT2D eigenvalue weighted by Crippen LogP contribution is 2.15. The van der Waals surface area contributed by atoms with Gasteiger partial charge < -0.3 is 40.1 Å². The summed E-state index contributed by atoms with van der Waals surface area (Å²) >= 11 is 6.43. The Balaban J connectivity index is 0.000000323. The number of aromatic nitrogens is 3. The molecule has 6 rings (SSSR count). The minimum absolute atomic E-state index is 0. The summed E-state index contributed by atoms with van der Waals surface area (Å²) in [4.78, 5) is 86.3. The van der Waals surface area contributed by atoms with Gasteiger partial charge >= 0.3 is 5.97 Å². The first kappa shape index (κ1) is 55.5. The molecule has 14 nitrogen and oxygen atoms in total. The lowest BCUT2D eigenvalue weighted by molar-refractivity contribution is 0.0524. The number of carbonyl (C=O) groups excluding carboxylic acids is 3. The minimum atomic E-state index is -0.588. The van der Waals surface area contributed by atoms with Crippen LogP contribution in [0.25, 0.3) is 32.7 Å². The molecule has 0 saturated heterocycles. The van der Waals surface area contributed by atoms with Gasteiger partial charge in [0.05, 0.1) is 6.61 Å². The fourth-order valence-electron chi connectivity index (χ4n) is 6.20. The van der Waals surface area contributed by atoms with Gasteiger partial charge in [-0.15, -0.1) is 24.8 Å². The van der Waals surface area contributed by atoms with E-state index in [0.717, 1.165) is 61.0 Å². The Morgan fingerprint density at radius 1 is 0.540 bits per heavy atom. The largest absolute Gasteiger partial charge is 0.462 e. The highest BCUT2D eigenvalue weighted by molar-refractivity contribution is 14.1. The molecule has 3 heterocycles. The van der Waals surface area contributed by atoms with E-state index in [1.165, 1.54) is 18.6 Å². The van der Waals surface area contributed by atoms with E-state index in [4.69, 9.17) is 4.74 Å². The molecular formula is C44H52Cl2I3N7O7. The van der Waals surface area contributed by atoms with E-state index < -0.39 is 5.97 Å². The maximum absolute atomic E-state index is 12.4. The van der Waals surface area contributed by atoms with Gasteiger partial charge in [0.1, 0.15) is 16.7 Å². The van der Waals surface area contributed by atoms with Crippen molar-refractivity contribution in [3.8, 4) is 0 Å². The maximum atomic E-state index is 12.4. The summed E-state index contributed by atoms with van der Waals surface area (Å²) in [6, 6.07) is 16.6. The molecule has 0 aliphatic heterocycles. The van der Waals surface area contributed by atoms with Gasteiger partial charge in [-0.1, -0.05) is 27.7 Å². The molecule has 0 fully saturated rings. The van der Waals surface area contributed by atoms with Crippen molar-refractivity contribution in [2.24, 2.45) is 0 Å². The fourth-order valence-corrected chi connectivity index (χ4v) is 7.67. The van der Waals surface area contributed by atoms with E-state index in [1.807, 2.05) is 36.4 Å². The van der Waals surface area contributed by atoms with Crippen LogP contribution in [0.2, 0.25) is 0 Å². The van der Waals surface area contributed by atoms with Crippen molar-refractivity contribution >= 4 is 143 Å². The average molecular weight is 1240 g/mol. The third-order valence-corrected chi connectivity index (χ3v) is 11.7. The van der Waals surface area contributed by atoms with Crippen LogP contribution in [0, 0.1) is 10.7 Å². The smallest absolute Gasteiger partial charge is 0.343 e. The van der Waals surface area contributed by atoms with Gasteiger partial charge in [0.2, 0.25) is 16.3 Å². The number of esters is 1. The monoisotopic (exact) mass is 1240 g/mol. The Labute approximate surface area is 418 Å². The first-order chi connectivity index (χ1) is 29.3. The third-order valence-electron chi connectivity index (χ3n) is 9.73. The molecule has 0 atom stereocenters. The highest BCUT2D eigenvalue weighted by Gasteiger charge is 2.16. The zero-order valence-corrected chi connectivity index (χ0v) is 43.6. The molecule has 340 valence electrons.